The second-order valence-electron chi connectivity index (χ2n) is 3.73. The molecule has 0 radical (unpaired) electrons. The normalized spacial score (nSPS) is 11.1. The lowest BCUT2D eigenvalue weighted by atomic mass is 10.1. The summed E-state index contributed by atoms with van der Waals surface area (Å²) in [7, 11) is 1.99. The maximum atomic E-state index is 8.84. The zero-order valence-electron chi connectivity index (χ0n) is 8.70. The second-order valence-corrected chi connectivity index (χ2v) is 4.13. The molecule has 1 aromatic heterocycles. The van der Waals surface area contributed by atoms with Crippen molar-refractivity contribution in [3.8, 4) is 0 Å². The average molecular weight is 224 g/mol. The van der Waals surface area contributed by atoms with E-state index in [0.29, 0.717) is 0 Å². The molecule has 0 amide bonds. The molecule has 80 valence electrons. The third-order valence-corrected chi connectivity index (χ3v) is 2.95. The fraction of sp³-hybridized carbons (Fsp3) is 0.333. The molecule has 0 fully saturated rings. The van der Waals surface area contributed by atoms with Crippen LogP contribution in [-0.2, 0) is 13.5 Å². The van der Waals surface area contributed by atoms with E-state index in [1.165, 1.54) is 5.56 Å². The first-order chi connectivity index (χ1) is 7.24. The van der Waals surface area contributed by atoms with Crippen molar-refractivity contribution in [3.05, 3.63) is 35.0 Å². The Kier molecular flexibility index (Phi) is 2.98. The van der Waals surface area contributed by atoms with Gasteiger partial charge in [0.1, 0.15) is 0 Å². The van der Waals surface area contributed by atoms with Gasteiger partial charge in [0.05, 0.1) is 5.02 Å². The van der Waals surface area contributed by atoms with Gasteiger partial charge in [-0.05, 0) is 24.5 Å². The number of benzene rings is 1. The molecule has 1 heterocycles. The van der Waals surface area contributed by atoms with Crippen LogP contribution in [0.1, 0.15) is 12.0 Å². The van der Waals surface area contributed by atoms with Crippen LogP contribution in [0.3, 0.4) is 0 Å². The molecule has 2 nitrogen and oxygen atoms in total. The minimum atomic E-state index is 0.223. The topological polar surface area (TPSA) is 25.2 Å². The number of hydrogen-bond acceptors (Lipinski definition) is 1. The predicted octanol–water partition coefficient (Wildman–Crippen LogP) is 2.76. The Morgan fingerprint density at radius 1 is 1.40 bits per heavy atom. The Morgan fingerprint density at radius 2 is 2.20 bits per heavy atom. The smallest absolute Gasteiger partial charge is 0.0664 e. The molecule has 0 spiro atoms. The van der Waals surface area contributed by atoms with E-state index in [0.717, 1.165) is 28.8 Å². The first-order valence-electron chi connectivity index (χ1n) is 5.07. The number of rotatable bonds is 3. The van der Waals surface area contributed by atoms with Crippen LogP contribution in [0.25, 0.3) is 10.9 Å². The molecular formula is C12H14ClNO. The molecule has 15 heavy (non-hydrogen) atoms. The zero-order valence-corrected chi connectivity index (χ0v) is 9.46. The van der Waals surface area contributed by atoms with Gasteiger partial charge in [0.25, 0.3) is 0 Å². The Morgan fingerprint density at radius 3 is 2.93 bits per heavy atom. The van der Waals surface area contributed by atoms with Crippen LogP contribution in [0.2, 0.25) is 5.02 Å². The Bertz CT molecular complexity index is 476. The van der Waals surface area contributed by atoms with Gasteiger partial charge in [-0.15, -0.1) is 0 Å². The van der Waals surface area contributed by atoms with Crippen LogP contribution >= 0.6 is 11.6 Å². The zero-order chi connectivity index (χ0) is 10.8. The van der Waals surface area contributed by atoms with Crippen LogP contribution < -0.4 is 0 Å². The molecule has 0 aliphatic rings. The highest BCUT2D eigenvalue weighted by molar-refractivity contribution is 6.35. The maximum absolute atomic E-state index is 8.84. The lowest BCUT2D eigenvalue weighted by Crippen LogP contribution is -1.91. The highest BCUT2D eigenvalue weighted by Gasteiger charge is 2.08. The van der Waals surface area contributed by atoms with E-state index >= 15 is 0 Å². The van der Waals surface area contributed by atoms with Crippen molar-refractivity contribution in [2.24, 2.45) is 7.05 Å². The number of aliphatic hydroxyl groups excluding tert-OH is 1. The molecule has 1 N–H and O–H groups in total. The summed E-state index contributed by atoms with van der Waals surface area (Å²) in [6.07, 6.45) is 3.58. The van der Waals surface area contributed by atoms with E-state index in [4.69, 9.17) is 16.7 Å². The fourth-order valence-electron chi connectivity index (χ4n) is 1.94. The molecule has 0 bridgehead atoms. The highest BCUT2D eigenvalue weighted by Crippen LogP contribution is 2.28. The second kappa shape index (κ2) is 4.25. The van der Waals surface area contributed by atoms with E-state index < -0.39 is 0 Å². The monoisotopic (exact) mass is 223 g/mol. The van der Waals surface area contributed by atoms with E-state index in [1.807, 2.05) is 23.9 Å². The summed E-state index contributed by atoms with van der Waals surface area (Å²) in [6, 6.07) is 6.17. The van der Waals surface area contributed by atoms with Crippen LogP contribution in [0.15, 0.2) is 24.4 Å². The number of aryl methyl sites for hydroxylation is 2. The van der Waals surface area contributed by atoms with Crippen LogP contribution in [0.4, 0.5) is 0 Å². The van der Waals surface area contributed by atoms with Gasteiger partial charge >= 0.3 is 0 Å². The van der Waals surface area contributed by atoms with Crippen molar-refractivity contribution < 1.29 is 5.11 Å². The summed E-state index contributed by atoms with van der Waals surface area (Å²) in [5.74, 6) is 0. The van der Waals surface area contributed by atoms with E-state index in [-0.39, 0.29) is 6.61 Å². The van der Waals surface area contributed by atoms with Crippen LogP contribution in [0.5, 0.6) is 0 Å². The Hall–Kier alpha value is -0.990. The van der Waals surface area contributed by atoms with Gasteiger partial charge in [0.2, 0.25) is 0 Å². The van der Waals surface area contributed by atoms with E-state index in [9.17, 15) is 0 Å². The van der Waals surface area contributed by atoms with E-state index in [1.54, 1.807) is 0 Å². The van der Waals surface area contributed by atoms with Crippen molar-refractivity contribution >= 4 is 22.5 Å². The fourth-order valence-corrected chi connectivity index (χ4v) is 2.30. The van der Waals surface area contributed by atoms with Gasteiger partial charge in [0, 0.05) is 30.8 Å². The number of fused-ring (bicyclic) bond motifs is 1. The number of aliphatic hydroxyl groups is 1. The minimum absolute atomic E-state index is 0.223. The van der Waals surface area contributed by atoms with Crippen molar-refractivity contribution in [3.63, 3.8) is 0 Å². The molecule has 2 rings (SSSR count). The first-order valence-corrected chi connectivity index (χ1v) is 5.45. The summed E-state index contributed by atoms with van der Waals surface area (Å²) in [6.45, 7) is 0.223. The predicted molar refractivity (Wildman–Crippen MR) is 63.3 cm³/mol. The number of nitrogens with zero attached hydrogens (tertiary/aromatic N) is 1. The van der Waals surface area contributed by atoms with Crippen molar-refractivity contribution in [1.82, 2.24) is 4.57 Å². The molecule has 3 heteroatoms. The SMILES string of the molecule is Cn1cc(Cl)c2c(CCCO)cccc21. The van der Waals surface area contributed by atoms with Crippen LogP contribution in [0, 0.1) is 0 Å². The molecule has 0 unspecified atom stereocenters. The lowest BCUT2D eigenvalue weighted by Gasteiger charge is -2.03. The summed E-state index contributed by atoms with van der Waals surface area (Å²) in [5.41, 5.74) is 2.36. The molecule has 0 atom stereocenters. The quantitative estimate of drug-likeness (QED) is 0.851. The van der Waals surface area contributed by atoms with Gasteiger partial charge in [-0.1, -0.05) is 23.7 Å². The van der Waals surface area contributed by atoms with Crippen molar-refractivity contribution in [2.45, 2.75) is 12.8 Å². The Labute approximate surface area is 94.1 Å². The maximum Gasteiger partial charge on any atom is 0.0664 e. The minimum Gasteiger partial charge on any atom is -0.396 e. The van der Waals surface area contributed by atoms with E-state index in [2.05, 4.69) is 12.1 Å². The molecule has 0 saturated heterocycles. The number of hydrogen-bond donors (Lipinski definition) is 1. The van der Waals surface area contributed by atoms with Crippen molar-refractivity contribution in [1.29, 1.82) is 0 Å². The van der Waals surface area contributed by atoms with Crippen molar-refractivity contribution in [2.75, 3.05) is 6.61 Å². The summed E-state index contributed by atoms with van der Waals surface area (Å²) >= 11 is 6.18. The molecule has 0 saturated carbocycles. The summed E-state index contributed by atoms with van der Waals surface area (Å²) in [5, 5.41) is 10.7. The molecule has 1 aromatic carbocycles. The largest absolute Gasteiger partial charge is 0.396 e. The van der Waals surface area contributed by atoms with Gasteiger partial charge in [-0.2, -0.15) is 0 Å². The third-order valence-electron chi connectivity index (χ3n) is 2.66. The summed E-state index contributed by atoms with van der Waals surface area (Å²) < 4.78 is 2.03. The number of halogens is 1. The Balaban J connectivity index is 2.54. The molecular weight excluding hydrogens is 210 g/mol. The standard InChI is InChI=1S/C12H14ClNO/c1-14-8-10(13)12-9(5-3-7-15)4-2-6-11(12)14/h2,4,6,8,15H,3,5,7H2,1H3. The highest BCUT2D eigenvalue weighted by atomic mass is 35.5. The molecule has 0 aliphatic carbocycles. The van der Waals surface area contributed by atoms with Gasteiger partial charge in [-0.3, -0.25) is 0 Å². The van der Waals surface area contributed by atoms with Gasteiger partial charge in [0.15, 0.2) is 0 Å². The average Bonchev–Trinajstić information content (AvgIpc) is 2.53. The van der Waals surface area contributed by atoms with Crippen LogP contribution in [-0.4, -0.2) is 16.3 Å². The first kappa shape index (κ1) is 10.5. The summed E-state index contributed by atoms with van der Waals surface area (Å²) in [4.78, 5) is 0. The van der Waals surface area contributed by atoms with Gasteiger partial charge < -0.3 is 9.67 Å². The molecule has 2 aromatic rings. The number of aromatic nitrogens is 1. The molecule has 0 aliphatic heterocycles. The third kappa shape index (κ3) is 1.87. The van der Waals surface area contributed by atoms with Gasteiger partial charge in [-0.25, -0.2) is 0 Å². The lowest BCUT2D eigenvalue weighted by molar-refractivity contribution is 0.289.